The van der Waals surface area contributed by atoms with Gasteiger partial charge in [-0.05, 0) is 27.2 Å². The summed E-state index contributed by atoms with van der Waals surface area (Å²) in [6, 6.07) is 0. The van der Waals surface area contributed by atoms with E-state index in [1.807, 2.05) is 0 Å². The van der Waals surface area contributed by atoms with Crippen molar-refractivity contribution in [3.63, 3.8) is 0 Å². The van der Waals surface area contributed by atoms with Crippen LogP contribution in [0.25, 0.3) is 0 Å². The van der Waals surface area contributed by atoms with Gasteiger partial charge in [0.1, 0.15) is 5.60 Å². The average Bonchev–Trinajstić information content (AvgIpc) is 2.11. The van der Waals surface area contributed by atoms with E-state index in [0.717, 1.165) is 11.8 Å². The van der Waals surface area contributed by atoms with Crippen molar-refractivity contribution in [2.45, 2.75) is 32.8 Å². The van der Waals surface area contributed by atoms with Crippen molar-refractivity contribution in [3.8, 4) is 0 Å². The number of halogens is 1. The van der Waals surface area contributed by atoms with Crippen molar-refractivity contribution < 1.29 is 13.7 Å². The molecule has 16 heavy (non-hydrogen) atoms. The minimum atomic E-state index is -0.860. The van der Waals surface area contributed by atoms with Crippen molar-refractivity contribution >= 4 is 32.8 Å². The fourth-order valence-corrected chi connectivity index (χ4v) is 2.55. The van der Waals surface area contributed by atoms with Crippen LogP contribution in [0.4, 0.5) is 4.79 Å². The first kappa shape index (κ1) is 15.9. The zero-order valence-electron chi connectivity index (χ0n) is 10.0. The van der Waals surface area contributed by atoms with Crippen molar-refractivity contribution in [3.05, 3.63) is 0 Å². The number of amides is 1. The van der Waals surface area contributed by atoms with Gasteiger partial charge in [-0.2, -0.15) is 0 Å². The number of alkyl carbamates (subject to hydrolysis) is 1. The first-order chi connectivity index (χ1) is 7.35. The molecule has 0 saturated carbocycles. The van der Waals surface area contributed by atoms with Gasteiger partial charge in [-0.3, -0.25) is 4.21 Å². The molecule has 1 amide bonds. The van der Waals surface area contributed by atoms with Gasteiger partial charge in [-0.25, -0.2) is 4.79 Å². The molecule has 0 fully saturated rings. The van der Waals surface area contributed by atoms with Gasteiger partial charge < -0.3 is 10.1 Å². The first-order valence-electron chi connectivity index (χ1n) is 5.23. The largest absolute Gasteiger partial charge is 0.444 e. The van der Waals surface area contributed by atoms with Crippen LogP contribution < -0.4 is 5.32 Å². The van der Waals surface area contributed by atoms with Crippen molar-refractivity contribution in [2.75, 3.05) is 23.4 Å². The molecule has 0 aromatic carbocycles. The summed E-state index contributed by atoms with van der Waals surface area (Å²) in [7, 11) is -0.860. The summed E-state index contributed by atoms with van der Waals surface area (Å²) in [6.45, 7) is 5.81. The Bertz CT molecular complexity index is 241. The Kier molecular flexibility index (Phi) is 8.01. The van der Waals surface area contributed by atoms with Gasteiger partial charge in [-0.1, -0.05) is 15.9 Å². The fourth-order valence-electron chi connectivity index (χ4n) is 0.899. The molecule has 0 radical (unpaired) electrons. The molecular formula is C10H20BrNO3S. The Morgan fingerprint density at radius 2 is 2.00 bits per heavy atom. The summed E-state index contributed by atoms with van der Waals surface area (Å²) in [5, 5.41) is 3.44. The van der Waals surface area contributed by atoms with Gasteiger partial charge in [-0.15, -0.1) is 0 Å². The van der Waals surface area contributed by atoms with Crippen LogP contribution in [0.5, 0.6) is 0 Å². The molecule has 0 aromatic rings. The van der Waals surface area contributed by atoms with Gasteiger partial charge in [0, 0.05) is 34.2 Å². The van der Waals surface area contributed by atoms with E-state index in [4.69, 9.17) is 4.74 Å². The smallest absolute Gasteiger partial charge is 0.407 e. The van der Waals surface area contributed by atoms with E-state index >= 15 is 0 Å². The number of nitrogens with one attached hydrogen (secondary N) is 1. The molecule has 96 valence electrons. The molecule has 0 aromatic heterocycles. The standard InChI is InChI=1S/C10H20BrNO3S/c1-10(2,3)15-9(13)12-6-8-16(14)7-4-5-11/h4-8H2,1-3H3,(H,12,13). The molecule has 6 heteroatoms. The first-order valence-corrected chi connectivity index (χ1v) is 7.84. The molecule has 0 rings (SSSR count). The molecule has 0 bridgehead atoms. The highest BCUT2D eigenvalue weighted by atomic mass is 79.9. The van der Waals surface area contributed by atoms with Gasteiger partial charge >= 0.3 is 6.09 Å². The molecule has 0 saturated heterocycles. The maximum absolute atomic E-state index is 11.4. The van der Waals surface area contributed by atoms with E-state index in [2.05, 4.69) is 21.2 Å². The Morgan fingerprint density at radius 3 is 2.50 bits per heavy atom. The van der Waals surface area contributed by atoms with Crippen LogP contribution in [0.3, 0.4) is 0 Å². The van der Waals surface area contributed by atoms with Crippen LogP contribution in [0.2, 0.25) is 0 Å². The second-order valence-electron chi connectivity index (χ2n) is 4.32. The Labute approximate surface area is 108 Å². The monoisotopic (exact) mass is 313 g/mol. The molecule has 0 aliphatic rings. The van der Waals surface area contributed by atoms with E-state index in [1.54, 1.807) is 20.8 Å². The molecule has 0 aliphatic heterocycles. The van der Waals surface area contributed by atoms with Gasteiger partial charge in [0.2, 0.25) is 0 Å². The lowest BCUT2D eigenvalue weighted by Gasteiger charge is -2.19. The molecule has 0 heterocycles. The Hall–Kier alpha value is -0.100. The molecule has 1 N–H and O–H groups in total. The van der Waals surface area contributed by atoms with Crippen LogP contribution in [0.1, 0.15) is 27.2 Å². The van der Waals surface area contributed by atoms with E-state index in [1.165, 1.54) is 0 Å². The van der Waals surface area contributed by atoms with Crippen molar-refractivity contribution in [1.82, 2.24) is 5.32 Å². The highest BCUT2D eigenvalue weighted by Crippen LogP contribution is 2.06. The number of alkyl halides is 1. The van der Waals surface area contributed by atoms with E-state index < -0.39 is 22.5 Å². The summed E-state index contributed by atoms with van der Waals surface area (Å²) in [6.07, 6.45) is 0.434. The third-order valence-electron chi connectivity index (χ3n) is 1.50. The number of rotatable bonds is 6. The zero-order valence-corrected chi connectivity index (χ0v) is 12.4. The van der Waals surface area contributed by atoms with E-state index in [9.17, 15) is 9.00 Å². The fraction of sp³-hybridized carbons (Fsp3) is 0.900. The molecular weight excluding hydrogens is 294 g/mol. The topological polar surface area (TPSA) is 55.4 Å². The Morgan fingerprint density at radius 1 is 1.38 bits per heavy atom. The average molecular weight is 314 g/mol. The van der Waals surface area contributed by atoms with Crippen LogP contribution in [-0.4, -0.2) is 39.3 Å². The number of carbonyl (C=O) groups is 1. The lowest BCUT2D eigenvalue weighted by Crippen LogP contribution is -2.34. The quantitative estimate of drug-likeness (QED) is 0.763. The van der Waals surface area contributed by atoms with Crippen molar-refractivity contribution in [1.29, 1.82) is 0 Å². The summed E-state index contributed by atoms with van der Waals surface area (Å²) >= 11 is 3.28. The van der Waals surface area contributed by atoms with Gasteiger partial charge in [0.25, 0.3) is 0 Å². The normalized spacial score (nSPS) is 13.2. The van der Waals surface area contributed by atoms with Crippen LogP contribution >= 0.6 is 15.9 Å². The van der Waals surface area contributed by atoms with Gasteiger partial charge in [0.15, 0.2) is 0 Å². The number of hydrogen-bond acceptors (Lipinski definition) is 3. The van der Waals surface area contributed by atoms with Gasteiger partial charge in [0.05, 0.1) is 0 Å². The highest BCUT2D eigenvalue weighted by molar-refractivity contribution is 9.09. The molecule has 0 aliphatic carbocycles. The van der Waals surface area contributed by atoms with Crippen LogP contribution in [0.15, 0.2) is 0 Å². The predicted octanol–water partition coefficient (Wildman–Crippen LogP) is 2.04. The zero-order chi connectivity index (χ0) is 12.6. The number of hydrogen-bond donors (Lipinski definition) is 1. The maximum atomic E-state index is 11.4. The number of carbonyl (C=O) groups excluding carboxylic acids is 1. The maximum Gasteiger partial charge on any atom is 0.407 e. The lowest BCUT2D eigenvalue weighted by molar-refractivity contribution is 0.0531. The third-order valence-corrected chi connectivity index (χ3v) is 3.47. The summed E-state index contributed by atoms with van der Waals surface area (Å²) in [4.78, 5) is 11.2. The van der Waals surface area contributed by atoms with Crippen LogP contribution in [0, 0.1) is 0 Å². The van der Waals surface area contributed by atoms with E-state index in [-0.39, 0.29) is 0 Å². The SMILES string of the molecule is CC(C)(C)OC(=O)NCCS(=O)CCCBr. The number of ether oxygens (including phenoxy) is 1. The molecule has 4 nitrogen and oxygen atoms in total. The Balaban J connectivity index is 3.58. The second-order valence-corrected chi connectivity index (χ2v) is 6.81. The minimum Gasteiger partial charge on any atom is -0.444 e. The second kappa shape index (κ2) is 8.06. The summed E-state index contributed by atoms with van der Waals surface area (Å²) in [5.41, 5.74) is -0.487. The summed E-state index contributed by atoms with van der Waals surface area (Å²) < 4.78 is 16.4. The lowest BCUT2D eigenvalue weighted by atomic mass is 10.2. The molecule has 1 atom stereocenters. The molecule has 0 spiro atoms. The van der Waals surface area contributed by atoms with Crippen LogP contribution in [-0.2, 0) is 15.5 Å². The minimum absolute atomic E-state index is 0.393. The third kappa shape index (κ3) is 10.4. The van der Waals surface area contributed by atoms with E-state index in [0.29, 0.717) is 18.1 Å². The molecule has 1 unspecified atom stereocenters. The predicted molar refractivity (Wildman–Crippen MR) is 70.5 cm³/mol. The highest BCUT2D eigenvalue weighted by Gasteiger charge is 2.15. The van der Waals surface area contributed by atoms with Crippen molar-refractivity contribution in [2.24, 2.45) is 0 Å². The summed E-state index contributed by atoms with van der Waals surface area (Å²) in [5.74, 6) is 1.15.